The Bertz CT molecular complexity index is 407. The highest BCUT2D eigenvalue weighted by atomic mass is 16.3. The Hall–Kier alpha value is -0.810. The largest absolute Gasteiger partial charge is 0.392 e. The van der Waals surface area contributed by atoms with Crippen LogP contribution in [0.5, 0.6) is 0 Å². The van der Waals surface area contributed by atoms with Crippen molar-refractivity contribution >= 4 is 5.96 Å². The van der Waals surface area contributed by atoms with Crippen molar-refractivity contribution in [1.82, 2.24) is 15.5 Å². The van der Waals surface area contributed by atoms with E-state index in [-0.39, 0.29) is 11.5 Å². The third-order valence-corrected chi connectivity index (χ3v) is 5.98. The molecule has 1 saturated carbocycles. The average molecular weight is 353 g/mol. The van der Waals surface area contributed by atoms with Gasteiger partial charge in [0.25, 0.3) is 0 Å². The Morgan fingerprint density at radius 1 is 1.20 bits per heavy atom. The van der Waals surface area contributed by atoms with Crippen LogP contribution in [0.3, 0.4) is 0 Å². The molecule has 0 aromatic heterocycles. The van der Waals surface area contributed by atoms with Gasteiger partial charge in [-0.1, -0.05) is 33.1 Å². The van der Waals surface area contributed by atoms with Crippen LogP contribution in [0.25, 0.3) is 0 Å². The minimum Gasteiger partial charge on any atom is -0.392 e. The normalized spacial score (nSPS) is 29.6. The number of nitrogens with one attached hydrogen (secondary N) is 2. The lowest BCUT2D eigenvalue weighted by atomic mass is 9.73. The molecule has 0 spiro atoms. The van der Waals surface area contributed by atoms with Gasteiger partial charge < -0.3 is 20.6 Å². The number of likely N-dealkylation sites (tertiary alicyclic amines) is 1. The smallest absolute Gasteiger partial charge is 0.191 e. The molecule has 5 nitrogen and oxygen atoms in total. The molecule has 0 aromatic rings. The van der Waals surface area contributed by atoms with E-state index < -0.39 is 0 Å². The molecule has 25 heavy (non-hydrogen) atoms. The first-order valence-electron chi connectivity index (χ1n) is 10.5. The molecule has 2 fully saturated rings. The molecule has 2 rings (SSSR count). The van der Waals surface area contributed by atoms with Gasteiger partial charge in [0.15, 0.2) is 5.96 Å². The molecule has 0 radical (unpaired) electrons. The molecule has 2 unspecified atom stereocenters. The summed E-state index contributed by atoms with van der Waals surface area (Å²) in [6.07, 6.45) is 9.11. The van der Waals surface area contributed by atoms with Crippen molar-refractivity contribution in [3.63, 3.8) is 0 Å². The van der Waals surface area contributed by atoms with E-state index in [2.05, 4.69) is 36.3 Å². The minimum absolute atomic E-state index is 0.0654. The summed E-state index contributed by atoms with van der Waals surface area (Å²) in [4.78, 5) is 7.43. The lowest BCUT2D eigenvalue weighted by molar-refractivity contribution is 0.00715. The van der Waals surface area contributed by atoms with Crippen molar-refractivity contribution in [2.24, 2.45) is 10.4 Å². The van der Waals surface area contributed by atoms with Gasteiger partial charge in [-0.2, -0.15) is 0 Å². The minimum atomic E-state index is -0.213. The van der Waals surface area contributed by atoms with Crippen molar-refractivity contribution in [1.29, 1.82) is 0 Å². The van der Waals surface area contributed by atoms with Gasteiger partial charge in [-0.25, -0.2) is 0 Å². The number of guanidine groups is 1. The Morgan fingerprint density at radius 2 is 1.96 bits per heavy atom. The molecule has 0 aromatic carbocycles. The van der Waals surface area contributed by atoms with Crippen LogP contribution in [0.4, 0.5) is 0 Å². The molecular formula is C20H40N4O. The zero-order valence-corrected chi connectivity index (χ0v) is 16.7. The molecule has 1 aliphatic carbocycles. The van der Waals surface area contributed by atoms with E-state index in [0.29, 0.717) is 12.6 Å². The molecular weight excluding hydrogens is 312 g/mol. The van der Waals surface area contributed by atoms with E-state index in [1.807, 2.05) is 0 Å². The van der Waals surface area contributed by atoms with Gasteiger partial charge in [-0.3, -0.25) is 4.99 Å². The zero-order valence-electron chi connectivity index (χ0n) is 16.7. The van der Waals surface area contributed by atoms with Crippen LogP contribution < -0.4 is 10.6 Å². The van der Waals surface area contributed by atoms with Crippen LogP contribution in [0, 0.1) is 5.41 Å². The van der Waals surface area contributed by atoms with E-state index in [4.69, 9.17) is 4.99 Å². The number of nitrogens with zero attached hydrogens (tertiary/aromatic N) is 2. The Morgan fingerprint density at radius 3 is 2.60 bits per heavy atom. The van der Waals surface area contributed by atoms with Gasteiger partial charge in [-0.15, -0.1) is 0 Å². The maximum Gasteiger partial charge on any atom is 0.191 e. The first kappa shape index (κ1) is 20.5. The summed E-state index contributed by atoms with van der Waals surface area (Å²) < 4.78 is 0. The number of aliphatic hydroxyl groups is 1. The molecule has 1 saturated heterocycles. The highest BCUT2D eigenvalue weighted by Crippen LogP contribution is 2.36. The number of unbranched alkanes of at least 4 members (excludes halogenated alkanes) is 1. The Balaban J connectivity index is 1.84. The number of rotatable bonds is 7. The summed E-state index contributed by atoms with van der Waals surface area (Å²) in [5, 5.41) is 17.4. The van der Waals surface area contributed by atoms with Crippen molar-refractivity contribution in [2.45, 2.75) is 84.3 Å². The standard InChI is InChI=1S/C20H40N4O/c1-4-6-13-24-14-10-17(11-15-24)23-19(21-5-2)22-16-20(3)12-8-7-9-18(20)25/h17-18,25H,4-16H2,1-3H3,(H2,21,22,23). The second-order valence-corrected chi connectivity index (χ2v) is 8.22. The zero-order chi connectivity index (χ0) is 18.1. The van der Waals surface area contributed by atoms with E-state index in [9.17, 15) is 5.11 Å². The van der Waals surface area contributed by atoms with Crippen LogP contribution in [-0.2, 0) is 0 Å². The summed E-state index contributed by atoms with van der Waals surface area (Å²) in [6, 6.07) is 0.514. The van der Waals surface area contributed by atoms with Gasteiger partial charge in [0.05, 0.1) is 12.6 Å². The molecule has 146 valence electrons. The lowest BCUT2D eigenvalue weighted by Crippen LogP contribution is -2.49. The predicted octanol–water partition coefficient (Wildman–Crippen LogP) is 2.75. The predicted molar refractivity (Wildman–Crippen MR) is 106 cm³/mol. The summed E-state index contributed by atoms with van der Waals surface area (Å²) in [5.41, 5.74) is -0.0654. The Labute approximate surface area is 154 Å². The first-order valence-corrected chi connectivity index (χ1v) is 10.5. The third kappa shape index (κ3) is 6.45. The molecule has 5 heteroatoms. The lowest BCUT2D eigenvalue weighted by Gasteiger charge is -2.37. The van der Waals surface area contributed by atoms with Crippen molar-refractivity contribution in [3.05, 3.63) is 0 Å². The molecule has 1 aliphatic heterocycles. The summed E-state index contributed by atoms with van der Waals surface area (Å²) in [7, 11) is 0. The van der Waals surface area contributed by atoms with Crippen LogP contribution in [0.1, 0.15) is 72.1 Å². The fraction of sp³-hybridized carbons (Fsp3) is 0.950. The van der Waals surface area contributed by atoms with Crippen molar-refractivity contribution in [2.75, 3.05) is 32.7 Å². The van der Waals surface area contributed by atoms with Crippen LogP contribution in [0.2, 0.25) is 0 Å². The molecule has 0 bridgehead atoms. The van der Waals surface area contributed by atoms with Crippen molar-refractivity contribution in [3.8, 4) is 0 Å². The van der Waals surface area contributed by atoms with Crippen LogP contribution in [-0.4, -0.2) is 60.8 Å². The van der Waals surface area contributed by atoms with E-state index >= 15 is 0 Å². The third-order valence-electron chi connectivity index (χ3n) is 5.98. The summed E-state index contributed by atoms with van der Waals surface area (Å²) >= 11 is 0. The monoisotopic (exact) mass is 352 g/mol. The number of aliphatic hydroxyl groups excluding tert-OH is 1. The van der Waals surface area contributed by atoms with Gasteiger partial charge >= 0.3 is 0 Å². The SMILES string of the molecule is CCCCN1CCC(NC(=NCC2(C)CCCCC2O)NCC)CC1. The number of aliphatic imine (C=N–C) groups is 1. The highest BCUT2D eigenvalue weighted by molar-refractivity contribution is 5.80. The molecule has 3 N–H and O–H groups in total. The van der Waals surface area contributed by atoms with Crippen molar-refractivity contribution < 1.29 is 5.11 Å². The fourth-order valence-corrected chi connectivity index (χ4v) is 4.02. The molecule has 2 aliphatic rings. The number of hydrogen-bond acceptors (Lipinski definition) is 3. The molecule has 2 atom stereocenters. The van der Waals surface area contributed by atoms with E-state index in [1.165, 1.54) is 51.7 Å². The quantitative estimate of drug-likeness (QED) is 0.487. The summed E-state index contributed by atoms with van der Waals surface area (Å²) in [6.45, 7) is 11.8. The van der Waals surface area contributed by atoms with E-state index in [0.717, 1.165) is 31.8 Å². The average Bonchev–Trinajstić information content (AvgIpc) is 2.62. The van der Waals surface area contributed by atoms with Gasteiger partial charge in [-0.05, 0) is 45.6 Å². The molecule has 1 heterocycles. The second-order valence-electron chi connectivity index (χ2n) is 8.22. The first-order chi connectivity index (χ1) is 12.1. The van der Waals surface area contributed by atoms with E-state index in [1.54, 1.807) is 0 Å². The fourth-order valence-electron chi connectivity index (χ4n) is 4.02. The topological polar surface area (TPSA) is 59.9 Å². The highest BCUT2D eigenvalue weighted by Gasteiger charge is 2.35. The Kier molecular flexibility index (Phi) is 8.50. The summed E-state index contributed by atoms with van der Waals surface area (Å²) in [5.74, 6) is 0.925. The maximum absolute atomic E-state index is 10.4. The van der Waals surface area contributed by atoms with Crippen LogP contribution >= 0.6 is 0 Å². The number of hydrogen-bond donors (Lipinski definition) is 3. The molecule has 0 amide bonds. The van der Waals surface area contributed by atoms with Gasteiger partial charge in [0.2, 0.25) is 0 Å². The maximum atomic E-state index is 10.4. The second kappa shape index (κ2) is 10.4. The van der Waals surface area contributed by atoms with Gasteiger partial charge in [0, 0.05) is 31.1 Å². The van der Waals surface area contributed by atoms with Crippen LogP contribution in [0.15, 0.2) is 4.99 Å². The number of piperidine rings is 1. The van der Waals surface area contributed by atoms with Gasteiger partial charge in [0.1, 0.15) is 0 Å².